The van der Waals surface area contributed by atoms with E-state index in [0.717, 1.165) is 12.8 Å². The van der Waals surface area contributed by atoms with Crippen LogP contribution in [0.1, 0.15) is 25.7 Å². The third kappa shape index (κ3) is 2.88. The van der Waals surface area contributed by atoms with Gasteiger partial charge in [0.2, 0.25) is 0 Å². The number of nitrogens with zero attached hydrogens (tertiary/aromatic N) is 1. The zero-order valence-corrected chi connectivity index (χ0v) is 7.77. The van der Waals surface area contributed by atoms with Crippen LogP contribution >= 0.6 is 0 Å². The summed E-state index contributed by atoms with van der Waals surface area (Å²) in [6.45, 7) is -0.235. The molecule has 5 heteroatoms. The highest BCUT2D eigenvalue weighted by atomic mass is 19.4. The first-order valence-electron chi connectivity index (χ1n) is 4.72. The average molecular weight is 206 g/mol. The zero-order chi connectivity index (χ0) is 10.6. The molecule has 14 heavy (non-hydrogen) atoms. The molecule has 0 unspecified atom stereocenters. The maximum absolute atomic E-state index is 12.5. The number of rotatable bonds is 3. The Bertz CT molecular complexity index is 213. The monoisotopic (exact) mass is 206 g/mol. The number of nitrogens with one attached hydrogen (secondary N) is 1. The standard InChI is InChI=1S/C9H13F3N2/c10-9(11,12)8(14-6-5-13)7-3-1-2-4-7/h7-8,14H,1-4,6H2/t8-/m0/s1. The molecule has 2 nitrogen and oxygen atoms in total. The quantitative estimate of drug-likeness (QED) is 0.719. The van der Waals surface area contributed by atoms with E-state index in [1.165, 1.54) is 0 Å². The van der Waals surface area contributed by atoms with Gasteiger partial charge in [0.25, 0.3) is 0 Å². The van der Waals surface area contributed by atoms with Crippen molar-refractivity contribution in [3.05, 3.63) is 0 Å². The largest absolute Gasteiger partial charge is 0.404 e. The molecule has 0 bridgehead atoms. The van der Waals surface area contributed by atoms with Gasteiger partial charge in [0, 0.05) is 0 Å². The molecule has 1 N–H and O–H groups in total. The number of hydrogen-bond donors (Lipinski definition) is 1. The molecule has 0 aromatic heterocycles. The first kappa shape index (κ1) is 11.3. The lowest BCUT2D eigenvalue weighted by Crippen LogP contribution is -2.47. The Balaban J connectivity index is 2.56. The van der Waals surface area contributed by atoms with E-state index in [4.69, 9.17) is 5.26 Å². The normalized spacial score (nSPS) is 20.7. The highest BCUT2D eigenvalue weighted by molar-refractivity contribution is 4.88. The van der Waals surface area contributed by atoms with Crippen LogP contribution in [0.4, 0.5) is 13.2 Å². The lowest BCUT2D eigenvalue weighted by atomic mass is 9.97. The van der Waals surface area contributed by atoms with E-state index in [1.54, 1.807) is 6.07 Å². The van der Waals surface area contributed by atoms with Crippen LogP contribution in [0.5, 0.6) is 0 Å². The molecular weight excluding hydrogens is 193 g/mol. The Morgan fingerprint density at radius 3 is 2.36 bits per heavy atom. The van der Waals surface area contributed by atoms with Crippen LogP contribution in [0.2, 0.25) is 0 Å². The van der Waals surface area contributed by atoms with Crippen LogP contribution in [-0.4, -0.2) is 18.8 Å². The molecule has 1 saturated carbocycles. The van der Waals surface area contributed by atoms with Crippen LogP contribution in [0, 0.1) is 17.2 Å². The van der Waals surface area contributed by atoms with Crippen molar-refractivity contribution in [3.63, 3.8) is 0 Å². The molecule has 0 heterocycles. The Labute approximate surface area is 81.1 Å². The highest BCUT2D eigenvalue weighted by Gasteiger charge is 2.44. The molecule has 1 fully saturated rings. The van der Waals surface area contributed by atoms with Gasteiger partial charge >= 0.3 is 6.18 Å². The second-order valence-electron chi connectivity index (χ2n) is 3.60. The van der Waals surface area contributed by atoms with E-state index in [-0.39, 0.29) is 12.5 Å². The SMILES string of the molecule is N#CCN[C@@H](C1CCCC1)C(F)(F)F. The maximum Gasteiger partial charge on any atom is 0.404 e. The summed E-state index contributed by atoms with van der Waals surface area (Å²) < 4.78 is 37.6. The topological polar surface area (TPSA) is 35.8 Å². The molecule has 1 aliphatic rings. The summed E-state index contributed by atoms with van der Waals surface area (Å²) in [6, 6.07) is 0.187. The fourth-order valence-corrected chi connectivity index (χ4v) is 2.00. The van der Waals surface area contributed by atoms with E-state index >= 15 is 0 Å². The molecule has 0 saturated heterocycles. The van der Waals surface area contributed by atoms with Gasteiger partial charge in [-0.3, -0.25) is 5.32 Å². The molecule has 0 radical (unpaired) electrons. The summed E-state index contributed by atoms with van der Waals surface area (Å²) in [5.41, 5.74) is 0. The van der Waals surface area contributed by atoms with Gasteiger partial charge in [0.05, 0.1) is 12.6 Å². The van der Waals surface area contributed by atoms with E-state index in [0.29, 0.717) is 12.8 Å². The zero-order valence-electron chi connectivity index (χ0n) is 7.77. The summed E-state index contributed by atoms with van der Waals surface area (Å²) in [5.74, 6) is -0.344. The second-order valence-corrected chi connectivity index (χ2v) is 3.60. The fraction of sp³-hybridized carbons (Fsp3) is 0.889. The second kappa shape index (κ2) is 4.65. The maximum atomic E-state index is 12.5. The van der Waals surface area contributed by atoms with Gasteiger partial charge in [-0.15, -0.1) is 0 Å². The van der Waals surface area contributed by atoms with Gasteiger partial charge < -0.3 is 0 Å². The molecule has 1 rings (SSSR count). The van der Waals surface area contributed by atoms with E-state index < -0.39 is 12.2 Å². The lowest BCUT2D eigenvalue weighted by molar-refractivity contribution is -0.166. The number of nitriles is 1. The summed E-state index contributed by atoms with van der Waals surface area (Å²) in [6.07, 6.45) is -1.27. The molecule has 0 aliphatic heterocycles. The van der Waals surface area contributed by atoms with Crippen molar-refractivity contribution < 1.29 is 13.2 Å². The molecule has 1 aliphatic carbocycles. The van der Waals surface area contributed by atoms with Crippen molar-refractivity contribution in [1.82, 2.24) is 5.32 Å². The van der Waals surface area contributed by atoms with E-state index in [2.05, 4.69) is 5.32 Å². The van der Waals surface area contributed by atoms with Gasteiger partial charge in [-0.1, -0.05) is 12.8 Å². The summed E-state index contributed by atoms with van der Waals surface area (Å²) >= 11 is 0. The van der Waals surface area contributed by atoms with Gasteiger partial charge in [0.15, 0.2) is 0 Å². The van der Waals surface area contributed by atoms with Crippen molar-refractivity contribution in [2.24, 2.45) is 5.92 Å². The fourth-order valence-electron chi connectivity index (χ4n) is 2.00. The van der Waals surface area contributed by atoms with Crippen molar-refractivity contribution in [2.45, 2.75) is 37.9 Å². The number of hydrogen-bond acceptors (Lipinski definition) is 2. The Kier molecular flexibility index (Phi) is 3.76. The first-order chi connectivity index (χ1) is 6.55. The predicted octanol–water partition coefficient (Wildman–Crippen LogP) is 2.22. The Hall–Kier alpha value is -0.760. The number of alkyl halides is 3. The molecule has 1 atom stereocenters. The van der Waals surface area contributed by atoms with Crippen molar-refractivity contribution in [2.75, 3.05) is 6.54 Å². The van der Waals surface area contributed by atoms with E-state index in [1.807, 2.05) is 0 Å². The minimum absolute atomic E-state index is 0.235. The van der Waals surface area contributed by atoms with Gasteiger partial charge in [0.1, 0.15) is 6.04 Å². The van der Waals surface area contributed by atoms with Crippen LogP contribution < -0.4 is 5.32 Å². The van der Waals surface area contributed by atoms with Crippen molar-refractivity contribution >= 4 is 0 Å². The van der Waals surface area contributed by atoms with Crippen LogP contribution in [-0.2, 0) is 0 Å². The molecular formula is C9H13F3N2. The molecule has 0 amide bonds. The summed E-state index contributed by atoms with van der Waals surface area (Å²) in [4.78, 5) is 0. The molecule has 0 spiro atoms. The number of halogens is 3. The third-order valence-electron chi connectivity index (χ3n) is 2.62. The Morgan fingerprint density at radius 1 is 1.36 bits per heavy atom. The summed E-state index contributed by atoms with van der Waals surface area (Å²) in [7, 11) is 0. The third-order valence-corrected chi connectivity index (χ3v) is 2.62. The van der Waals surface area contributed by atoms with Crippen LogP contribution in [0.3, 0.4) is 0 Å². The minimum atomic E-state index is -4.23. The van der Waals surface area contributed by atoms with Crippen LogP contribution in [0.25, 0.3) is 0 Å². The lowest BCUT2D eigenvalue weighted by Gasteiger charge is -2.25. The smallest absolute Gasteiger partial charge is 0.293 e. The van der Waals surface area contributed by atoms with Crippen molar-refractivity contribution in [1.29, 1.82) is 5.26 Å². The minimum Gasteiger partial charge on any atom is -0.293 e. The predicted molar refractivity (Wildman–Crippen MR) is 45.4 cm³/mol. The molecule has 80 valence electrons. The first-order valence-corrected chi connectivity index (χ1v) is 4.72. The average Bonchev–Trinajstić information content (AvgIpc) is 2.55. The van der Waals surface area contributed by atoms with Gasteiger partial charge in [-0.25, -0.2) is 0 Å². The highest BCUT2D eigenvalue weighted by Crippen LogP contribution is 2.35. The molecule has 0 aromatic carbocycles. The van der Waals surface area contributed by atoms with Crippen LogP contribution in [0.15, 0.2) is 0 Å². The summed E-state index contributed by atoms with van der Waals surface area (Å²) in [5, 5.41) is 10.5. The van der Waals surface area contributed by atoms with E-state index in [9.17, 15) is 13.2 Å². The van der Waals surface area contributed by atoms with Crippen molar-refractivity contribution in [3.8, 4) is 6.07 Å². The van der Waals surface area contributed by atoms with Gasteiger partial charge in [-0.2, -0.15) is 18.4 Å². The Morgan fingerprint density at radius 2 is 1.93 bits per heavy atom. The molecule has 0 aromatic rings. The van der Waals surface area contributed by atoms with Gasteiger partial charge in [-0.05, 0) is 18.8 Å².